The molecule has 2 N–H and O–H groups in total. The molecule has 36 heavy (non-hydrogen) atoms. The van der Waals surface area contributed by atoms with E-state index in [0.29, 0.717) is 6.42 Å². The monoisotopic (exact) mass is 536 g/mol. The molecule has 0 spiro atoms. The van der Waals surface area contributed by atoms with Crippen LogP contribution in [0.3, 0.4) is 0 Å². The first-order chi connectivity index (χ1) is 17.3. The van der Waals surface area contributed by atoms with Crippen molar-refractivity contribution in [1.29, 1.82) is 0 Å². The van der Waals surface area contributed by atoms with Crippen LogP contribution in [-0.4, -0.2) is 41.0 Å². The zero-order valence-electron chi connectivity index (χ0n) is 22.9. The van der Waals surface area contributed by atoms with Crippen molar-refractivity contribution in [1.82, 2.24) is 0 Å². The summed E-state index contributed by atoms with van der Waals surface area (Å²) >= 11 is 0. The van der Waals surface area contributed by atoms with Gasteiger partial charge in [0.25, 0.3) is 0 Å². The van der Waals surface area contributed by atoms with Gasteiger partial charge in [-0.05, 0) is 12.8 Å². The molecule has 1 atom stereocenters. The molecule has 0 aromatic rings. The molecule has 0 saturated carbocycles. The Morgan fingerprint density at radius 2 is 1.00 bits per heavy atom. The maximum absolute atomic E-state index is 12.2. The smallest absolute Gasteiger partial charge is 0.462 e. The molecular weight excluding hydrogens is 483 g/mol. The molecule has 0 saturated heterocycles. The molecule has 0 bridgehead atoms. The number of ether oxygens (including phenoxy) is 2. The largest absolute Gasteiger partial charge is 0.469 e. The topological polar surface area (TPSA) is 119 Å². The molecule has 0 fully saturated rings. The fraction of sp³-hybridized carbons (Fsp3) is 0.926. The second kappa shape index (κ2) is 24.4. The van der Waals surface area contributed by atoms with Crippen LogP contribution < -0.4 is 0 Å². The molecule has 0 radical (unpaired) electrons. The number of unbranched alkanes of at least 4 members (excludes halogenated alkanes) is 16. The molecule has 0 aromatic heterocycles. The summed E-state index contributed by atoms with van der Waals surface area (Å²) in [6.45, 7) is 3.60. The van der Waals surface area contributed by atoms with E-state index in [1.807, 2.05) is 0 Å². The van der Waals surface area contributed by atoms with E-state index in [-0.39, 0.29) is 19.4 Å². The Morgan fingerprint density at radius 3 is 1.42 bits per heavy atom. The van der Waals surface area contributed by atoms with Crippen LogP contribution >= 0.6 is 7.82 Å². The van der Waals surface area contributed by atoms with Crippen LogP contribution in [-0.2, 0) is 28.2 Å². The lowest BCUT2D eigenvalue weighted by Gasteiger charge is -2.18. The molecule has 0 rings (SSSR count). The van der Waals surface area contributed by atoms with Crippen molar-refractivity contribution in [3.8, 4) is 0 Å². The fourth-order valence-electron chi connectivity index (χ4n) is 3.96. The van der Waals surface area contributed by atoms with Crippen molar-refractivity contribution >= 4 is 19.8 Å². The molecule has 0 aliphatic carbocycles. The van der Waals surface area contributed by atoms with Crippen LogP contribution in [0.4, 0.5) is 0 Å². The van der Waals surface area contributed by atoms with Crippen molar-refractivity contribution in [3.63, 3.8) is 0 Å². The first-order valence-corrected chi connectivity index (χ1v) is 15.9. The lowest BCUT2D eigenvalue weighted by molar-refractivity contribution is -0.161. The number of rotatable bonds is 26. The van der Waals surface area contributed by atoms with Gasteiger partial charge in [0, 0.05) is 12.8 Å². The fourth-order valence-corrected chi connectivity index (χ4v) is 4.32. The second-order valence-corrected chi connectivity index (χ2v) is 11.0. The van der Waals surface area contributed by atoms with Gasteiger partial charge < -0.3 is 19.3 Å². The number of phosphoric acid groups is 1. The van der Waals surface area contributed by atoms with Crippen LogP contribution in [0.25, 0.3) is 0 Å². The molecule has 0 aromatic carbocycles. The second-order valence-electron chi connectivity index (χ2n) is 9.74. The first kappa shape index (κ1) is 35.0. The Balaban J connectivity index is 4.08. The summed E-state index contributed by atoms with van der Waals surface area (Å²) in [5.74, 6) is -0.888. The summed E-state index contributed by atoms with van der Waals surface area (Å²) < 4.78 is 26.0. The van der Waals surface area contributed by atoms with Crippen LogP contribution in [0.15, 0.2) is 0 Å². The maximum atomic E-state index is 12.2. The van der Waals surface area contributed by atoms with Crippen molar-refractivity contribution < 1.29 is 37.9 Å². The van der Waals surface area contributed by atoms with Crippen LogP contribution in [0, 0.1) is 0 Å². The SMILES string of the molecule is CCCCCCCCCCCC(=O)OC[C@@H](COP(=O)(O)O)OC(=O)CCCCCCCCCCC. The summed E-state index contributed by atoms with van der Waals surface area (Å²) in [6, 6.07) is 0. The number of phosphoric ester groups is 1. The number of carbonyl (C=O) groups excluding carboxylic acids is 2. The molecule has 0 aliphatic rings. The van der Waals surface area contributed by atoms with E-state index in [1.165, 1.54) is 70.6 Å². The van der Waals surface area contributed by atoms with Gasteiger partial charge in [-0.2, -0.15) is 0 Å². The van der Waals surface area contributed by atoms with Gasteiger partial charge in [-0.1, -0.05) is 117 Å². The highest BCUT2D eigenvalue weighted by atomic mass is 31.2. The summed E-state index contributed by atoms with van der Waals surface area (Å²) in [5.41, 5.74) is 0. The highest BCUT2D eigenvalue weighted by Crippen LogP contribution is 2.35. The highest BCUT2D eigenvalue weighted by Gasteiger charge is 2.22. The third-order valence-electron chi connectivity index (χ3n) is 6.13. The van der Waals surface area contributed by atoms with Crippen molar-refractivity contribution in [2.24, 2.45) is 0 Å². The molecule has 0 heterocycles. The lowest BCUT2D eigenvalue weighted by Crippen LogP contribution is -2.29. The molecular formula is C27H53O8P. The van der Waals surface area contributed by atoms with E-state index in [0.717, 1.165) is 38.5 Å². The zero-order valence-corrected chi connectivity index (χ0v) is 23.8. The molecule has 9 heteroatoms. The van der Waals surface area contributed by atoms with Gasteiger partial charge >= 0.3 is 19.8 Å². The molecule has 0 aliphatic heterocycles. The van der Waals surface area contributed by atoms with Gasteiger partial charge in [0.1, 0.15) is 6.61 Å². The quantitative estimate of drug-likeness (QED) is 0.0667. The van der Waals surface area contributed by atoms with Gasteiger partial charge in [-0.3, -0.25) is 14.1 Å². The average Bonchev–Trinajstić information content (AvgIpc) is 2.83. The highest BCUT2D eigenvalue weighted by molar-refractivity contribution is 7.46. The van der Waals surface area contributed by atoms with Crippen LogP contribution in [0.1, 0.15) is 142 Å². The predicted octanol–water partition coefficient (Wildman–Crippen LogP) is 7.39. The minimum absolute atomic E-state index is 0.217. The summed E-state index contributed by atoms with van der Waals surface area (Å²) in [7, 11) is -4.72. The van der Waals surface area contributed by atoms with Crippen LogP contribution in [0.2, 0.25) is 0 Å². The van der Waals surface area contributed by atoms with Gasteiger partial charge in [-0.15, -0.1) is 0 Å². The number of esters is 2. The third-order valence-corrected chi connectivity index (χ3v) is 6.61. The average molecular weight is 537 g/mol. The number of hydrogen-bond acceptors (Lipinski definition) is 6. The Morgan fingerprint density at radius 1 is 0.611 bits per heavy atom. The maximum Gasteiger partial charge on any atom is 0.469 e. The van der Waals surface area contributed by atoms with E-state index >= 15 is 0 Å². The van der Waals surface area contributed by atoms with E-state index in [4.69, 9.17) is 19.3 Å². The molecule has 0 amide bonds. The first-order valence-electron chi connectivity index (χ1n) is 14.3. The lowest BCUT2D eigenvalue weighted by atomic mass is 10.1. The van der Waals surface area contributed by atoms with Crippen molar-refractivity contribution in [3.05, 3.63) is 0 Å². The van der Waals surface area contributed by atoms with Gasteiger partial charge in [0.2, 0.25) is 0 Å². The molecule has 0 unspecified atom stereocenters. The Kier molecular flexibility index (Phi) is 23.7. The Hall–Kier alpha value is -0.950. The molecule has 214 valence electrons. The Labute approximate surface area is 219 Å². The van der Waals surface area contributed by atoms with E-state index in [2.05, 4.69) is 18.4 Å². The summed E-state index contributed by atoms with van der Waals surface area (Å²) in [4.78, 5) is 42.1. The van der Waals surface area contributed by atoms with Crippen molar-refractivity contribution in [2.45, 2.75) is 148 Å². The number of carbonyl (C=O) groups is 2. The van der Waals surface area contributed by atoms with E-state index in [1.54, 1.807) is 0 Å². The van der Waals surface area contributed by atoms with Crippen LogP contribution in [0.5, 0.6) is 0 Å². The third kappa shape index (κ3) is 26.1. The minimum atomic E-state index is -4.72. The Bertz CT molecular complexity index is 578. The van der Waals surface area contributed by atoms with Crippen molar-refractivity contribution in [2.75, 3.05) is 13.2 Å². The molecule has 8 nitrogen and oxygen atoms in total. The minimum Gasteiger partial charge on any atom is -0.462 e. The summed E-state index contributed by atoms with van der Waals surface area (Å²) in [5, 5.41) is 0. The van der Waals surface area contributed by atoms with Gasteiger partial charge in [0.15, 0.2) is 6.10 Å². The van der Waals surface area contributed by atoms with E-state index in [9.17, 15) is 14.2 Å². The van der Waals surface area contributed by atoms with E-state index < -0.39 is 32.5 Å². The normalized spacial score (nSPS) is 12.4. The predicted molar refractivity (Wildman–Crippen MR) is 143 cm³/mol. The number of hydrogen-bond donors (Lipinski definition) is 2. The van der Waals surface area contributed by atoms with Gasteiger partial charge in [-0.25, -0.2) is 4.57 Å². The van der Waals surface area contributed by atoms with Gasteiger partial charge in [0.05, 0.1) is 6.61 Å². The summed E-state index contributed by atoms with van der Waals surface area (Å²) in [6.07, 6.45) is 19.9. The zero-order chi connectivity index (χ0) is 26.9. The standard InChI is InChI=1S/C27H53O8P/c1-3-5-7-9-11-13-15-17-19-21-26(28)33-23-25(24-34-36(30,31)32)35-27(29)22-20-18-16-14-12-10-8-6-4-2/h25H,3-24H2,1-2H3,(H2,30,31,32)/t25-/m0/s1.